The normalized spacial score (nSPS) is 11.9. The summed E-state index contributed by atoms with van der Waals surface area (Å²) in [5.74, 6) is 0.666. The second-order valence-corrected chi connectivity index (χ2v) is 8.38. The monoisotopic (exact) mass is 321 g/mol. The highest BCUT2D eigenvalue weighted by molar-refractivity contribution is 8.13. The zero-order valence-corrected chi connectivity index (χ0v) is 15.1. The molecule has 122 valence electrons. The Bertz CT molecular complexity index is 524. The van der Waals surface area contributed by atoms with Crippen LogP contribution in [0.15, 0.2) is 24.3 Å². The lowest BCUT2D eigenvalue weighted by Crippen LogP contribution is -2.47. The summed E-state index contributed by atoms with van der Waals surface area (Å²) in [7, 11) is 0. The van der Waals surface area contributed by atoms with Gasteiger partial charge >= 0.3 is 6.03 Å². The van der Waals surface area contributed by atoms with Crippen molar-refractivity contribution in [3.63, 3.8) is 0 Å². The maximum absolute atomic E-state index is 11.7. The molecule has 3 N–H and O–H groups in total. The SMILES string of the molecule is CC(C)(C)NC(=O)NC(=N)SCc1ccc(C(C)(C)C)cc1. The van der Waals surface area contributed by atoms with Crippen LogP contribution >= 0.6 is 11.8 Å². The fourth-order valence-electron chi connectivity index (χ4n) is 1.77. The van der Waals surface area contributed by atoms with Crippen molar-refractivity contribution in [2.45, 2.75) is 58.2 Å². The first-order chi connectivity index (χ1) is 9.97. The van der Waals surface area contributed by atoms with Crippen LogP contribution in [0.1, 0.15) is 52.7 Å². The number of hydrogen-bond acceptors (Lipinski definition) is 3. The molecule has 0 atom stereocenters. The molecule has 0 spiro atoms. The van der Waals surface area contributed by atoms with E-state index in [4.69, 9.17) is 5.41 Å². The van der Waals surface area contributed by atoms with Gasteiger partial charge in [0.1, 0.15) is 0 Å². The summed E-state index contributed by atoms with van der Waals surface area (Å²) < 4.78 is 0. The second-order valence-electron chi connectivity index (χ2n) is 7.39. The maximum atomic E-state index is 11.7. The molecule has 5 heteroatoms. The molecule has 0 aliphatic rings. The lowest BCUT2D eigenvalue weighted by Gasteiger charge is -2.20. The Morgan fingerprint density at radius 1 is 1.09 bits per heavy atom. The van der Waals surface area contributed by atoms with Crippen molar-refractivity contribution in [1.29, 1.82) is 5.41 Å². The molecule has 2 amide bonds. The highest BCUT2D eigenvalue weighted by atomic mass is 32.2. The first kappa shape index (κ1) is 18.6. The third-order valence-electron chi connectivity index (χ3n) is 2.92. The molecule has 0 aromatic heterocycles. The fraction of sp³-hybridized carbons (Fsp3) is 0.529. The topological polar surface area (TPSA) is 65.0 Å². The van der Waals surface area contributed by atoms with Gasteiger partial charge in [0, 0.05) is 11.3 Å². The first-order valence-corrected chi connectivity index (χ1v) is 8.36. The van der Waals surface area contributed by atoms with Crippen LogP contribution in [0.25, 0.3) is 0 Å². The second kappa shape index (κ2) is 7.18. The largest absolute Gasteiger partial charge is 0.333 e. The van der Waals surface area contributed by atoms with Crippen molar-refractivity contribution in [3.8, 4) is 0 Å². The number of rotatable bonds is 2. The number of hydrogen-bond donors (Lipinski definition) is 3. The molecular formula is C17H27N3OS. The molecular weight excluding hydrogens is 294 g/mol. The molecule has 0 radical (unpaired) electrons. The van der Waals surface area contributed by atoms with Gasteiger partial charge in [-0.25, -0.2) is 4.79 Å². The number of benzene rings is 1. The number of carbonyl (C=O) groups excluding carboxylic acids is 1. The summed E-state index contributed by atoms with van der Waals surface area (Å²) in [4.78, 5) is 11.7. The number of amidine groups is 1. The fourth-order valence-corrected chi connectivity index (χ4v) is 2.44. The van der Waals surface area contributed by atoms with E-state index in [1.807, 2.05) is 20.8 Å². The van der Waals surface area contributed by atoms with Crippen LogP contribution < -0.4 is 10.6 Å². The van der Waals surface area contributed by atoms with E-state index in [1.54, 1.807) is 0 Å². The molecule has 1 rings (SSSR count). The Morgan fingerprint density at radius 3 is 2.09 bits per heavy atom. The summed E-state index contributed by atoms with van der Waals surface area (Å²) in [5.41, 5.74) is 2.27. The Balaban J connectivity index is 2.46. The minimum atomic E-state index is -0.340. The zero-order chi connectivity index (χ0) is 17.0. The van der Waals surface area contributed by atoms with E-state index < -0.39 is 0 Å². The van der Waals surface area contributed by atoms with Gasteiger partial charge in [0.25, 0.3) is 0 Å². The van der Waals surface area contributed by atoms with Gasteiger partial charge in [0.2, 0.25) is 0 Å². The van der Waals surface area contributed by atoms with Crippen LogP contribution in [-0.2, 0) is 11.2 Å². The average Bonchev–Trinajstić information content (AvgIpc) is 2.33. The Kier molecular flexibility index (Phi) is 6.06. The van der Waals surface area contributed by atoms with Gasteiger partial charge in [-0.3, -0.25) is 10.7 Å². The number of amides is 2. The third-order valence-corrected chi connectivity index (χ3v) is 3.79. The van der Waals surface area contributed by atoms with Crippen molar-refractivity contribution in [2.24, 2.45) is 0 Å². The molecule has 0 fully saturated rings. The number of carbonyl (C=O) groups is 1. The van der Waals surface area contributed by atoms with Crippen molar-refractivity contribution < 1.29 is 4.79 Å². The molecule has 4 nitrogen and oxygen atoms in total. The smallest absolute Gasteiger partial charge is 0.321 e. The Labute approximate surface area is 138 Å². The van der Waals surface area contributed by atoms with Crippen molar-refractivity contribution in [1.82, 2.24) is 10.6 Å². The quantitative estimate of drug-likeness (QED) is 0.563. The molecule has 0 aliphatic heterocycles. The molecule has 0 heterocycles. The van der Waals surface area contributed by atoms with Crippen LogP contribution in [0.2, 0.25) is 0 Å². The summed E-state index contributed by atoms with van der Waals surface area (Å²) >= 11 is 1.31. The van der Waals surface area contributed by atoms with Gasteiger partial charge < -0.3 is 5.32 Å². The molecule has 0 saturated carbocycles. The van der Waals surface area contributed by atoms with E-state index in [0.717, 1.165) is 5.56 Å². The van der Waals surface area contributed by atoms with E-state index in [2.05, 4.69) is 55.7 Å². The number of urea groups is 1. The lowest BCUT2D eigenvalue weighted by atomic mass is 9.87. The summed E-state index contributed by atoms with van der Waals surface area (Å²) in [6, 6.07) is 8.07. The minimum Gasteiger partial charge on any atom is -0.333 e. The molecule has 0 unspecified atom stereocenters. The molecule has 22 heavy (non-hydrogen) atoms. The van der Waals surface area contributed by atoms with Gasteiger partial charge in [-0.2, -0.15) is 0 Å². The van der Waals surface area contributed by atoms with Gasteiger partial charge in [0.15, 0.2) is 5.17 Å². The van der Waals surface area contributed by atoms with Crippen LogP contribution in [0, 0.1) is 5.41 Å². The van der Waals surface area contributed by atoms with Gasteiger partial charge in [-0.05, 0) is 37.3 Å². The molecule has 0 bridgehead atoms. The third kappa shape index (κ3) is 6.98. The van der Waals surface area contributed by atoms with Crippen molar-refractivity contribution in [2.75, 3.05) is 0 Å². The first-order valence-electron chi connectivity index (χ1n) is 7.37. The average molecular weight is 321 g/mol. The number of thioether (sulfide) groups is 1. The highest BCUT2D eigenvalue weighted by Crippen LogP contribution is 2.23. The van der Waals surface area contributed by atoms with E-state index in [1.165, 1.54) is 17.3 Å². The summed E-state index contributed by atoms with van der Waals surface area (Å²) in [5, 5.41) is 13.3. The van der Waals surface area contributed by atoms with Crippen LogP contribution in [-0.4, -0.2) is 16.7 Å². The molecule has 0 saturated heterocycles. The highest BCUT2D eigenvalue weighted by Gasteiger charge is 2.15. The Morgan fingerprint density at radius 2 is 1.64 bits per heavy atom. The molecule has 1 aromatic rings. The number of nitrogens with one attached hydrogen (secondary N) is 3. The molecule has 0 aliphatic carbocycles. The van der Waals surface area contributed by atoms with Gasteiger partial charge in [-0.15, -0.1) is 0 Å². The molecule has 1 aromatic carbocycles. The van der Waals surface area contributed by atoms with Gasteiger partial charge in [-0.1, -0.05) is 56.8 Å². The van der Waals surface area contributed by atoms with Crippen LogP contribution in [0.5, 0.6) is 0 Å². The van der Waals surface area contributed by atoms with Crippen LogP contribution in [0.4, 0.5) is 4.79 Å². The summed E-state index contributed by atoms with van der Waals surface area (Å²) in [6.45, 7) is 12.3. The van der Waals surface area contributed by atoms with E-state index in [0.29, 0.717) is 5.75 Å². The lowest BCUT2D eigenvalue weighted by molar-refractivity contribution is 0.237. The standard InChI is InChI=1S/C17H27N3OS/c1-16(2,3)13-9-7-12(8-10-13)11-22-14(18)19-15(21)20-17(4,5)6/h7-10H,11H2,1-6H3,(H3,18,19,20,21). The van der Waals surface area contributed by atoms with Gasteiger partial charge in [0.05, 0.1) is 0 Å². The minimum absolute atomic E-state index is 0.144. The zero-order valence-electron chi connectivity index (χ0n) is 14.3. The van der Waals surface area contributed by atoms with E-state index in [-0.39, 0.29) is 22.2 Å². The van der Waals surface area contributed by atoms with Crippen molar-refractivity contribution in [3.05, 3.63) is 35.4 Å². The van der Waals surface area contributed by atoms with Crippen molar-refractivity contribution >= 4 is 23.0 Å². The van der Waals surface area contributed by atoms with E-state index in [9.17, 15) is 4.79 Å². The Hall–Kier alpha value is -1.49. The van der Waals surface area contributed by atoms with Crippen LogP contribution in [0.3, 0.4) is 0 Å². The summed E-state index contributed by atoms with van der Waals surface area (Å²) in [6.07, 6.45) is 0. The predicted octanol–water partition coefficient (Wildman–Crippen LogP) is 4.25. The maximum Gasteiger partial charge on any atom is 0.321 e. The predicted molar refractivity (Wildman–Crippen MR) is 95.6 cm³/mol. The van der Waals surface area contributed by atoms with E-state index >= 15 is 0 Å².